The lowest BCUT2D eigenvalue weighted by atomic mass is 9.92. The summed E-state index contributed by atoms with van der Waals surface area (Å²) in [7, 11) is -6.02. The number of nitrogens with zero attached hydrogens (tertiary/aromatic N) is 2. The molecule has 4 rings (SSSR count). The van der Waals surface area contributed by atoms with Gasteiger partial charge in [-0.3, -0.25) is 4.11 Å². The van der Waals surface area contributed by atoms with E-state index in [-0.39, 0.29) is 46.4 Å². The highest BCUT2D eigenvalue weighted by Crippen LogP contribution is 2.49. The molecule has 1 atom stereocenters. The van der Waals surface area contributed by atoms with Crippen LogP contribution >= 0.6 is 0 Å². The first-order valence-electron chi connectivity index (χ1n) is 15.5. The topological polar surface area (TPSA) is 6.48 Å². The molecule has 0 bridgehead atoms. The summed E-state index contributed by atoms with van der Waals surface area (Å²) >= 11 is 0. The molecule has 2 nitrogen and oxygen atoms in total. The van der Waals surface area contributed by atoms with Gasteiger partial charge in [-0.15, -0.1) is 0 Å². The van der Waals surface area contributed by atoms with Crippen molar-refractivity contribution >= 4 is 25.3 Å². The monoisotopic (exact) mass is 680 g/mol. The third-order valence-electron chi connectivity index (χ3n) is 8.61. The Labute approximate surface area is 272 Å². The van der Waals surface area contributed by atoms with Crippen LogP contribution in [0, 0.1) is 23.3 Å². The van der Waals surface area contributed by atoms with Crippen LogP contribution in [0.3, 0.4) is 0 Å². The summed E-state index contributed by atoms with van der Waals surface area (Å²) in [5.74, 6) is -11.4. The maximum absolute atomic E-state index is 19.4. The number of allylic oxidation sites excluding steroid dienone is 2. The first-order chi connectivity index (χ1) is 21.7. The van der Waals surface area contributed by atoms with Crippen LogP contribution in [0.25, 0.3) is 0 Å². The Bertz CT molecular complexity index is 1660. The van der Waals surface area contributed by atoms with Gasteiger partial charge in [-0.25, -0.2) is 17.6 Å². The molecule has 0 aliphatic carbocycles. The van der Waals surface area contributed by atoms with Crippen molar-refractivity contribution in [3.8, 4) is 0 Å². The summed E-state index contributed by atoms with van der Waals surface area (Å²) < 4.78 is 126. The summed E-state index contributed by atoms with van der Waals surface area (Å²) in [5, 5.41) is -1.73. The Morgan fingerprint density at radius 2 is 0.957 bits per heavy atom. The van der Waals surface area contributed by atoms with Gasteiger partial charge in [0, 0.05) is 22.8 Å². The van der Waals surface area contributed by atoms with Gasteiger partial charge in [0.05, 0.1) is 5.19 Å². The van der Waals surface area contributed by atoms with E-state index in [0.29, 0.717) is 22.3 Å². The average molecular weight is 681 g/mol. The molecular weight excluding hydrogens is 640 g/mol. The standard InChI is InChI=1S/C36H40F8N2Si/c1-18(2)24-13-11-14-25(19(3)4)33(24)45-22(9)17-23(10)46(34-26(20(5)6)15-12-16-27(34)21(7)8)47(45,44)35-31(39)29(37)28(36(41,42)43)30(38)32(35)40/h11-21H,9H2,1-8,10H3. The first kappa shape index (κ1) is 36.2. The van der Waals surface area contributed by atoms with Gasteiger partial charge in [0.25, 0.3) is 0 Å². The largest absolute Gasteiger partial charge is 0.509 e. The normalized spacial score (nSPS) is 17.6. The second kappa shape index (κ2) is 12.8. The van der Waals surface area contributed by atoms with Crippen molar-refractivity contribution in [1.82, 2.24) is 0 Å². The van der Waals surface area contributed by atoms with Crippen molar-refractivity contribution < 1.29 is 34.8 Å². The molecule has 1 aliphatic rings. The second-order valence-electron chi connectivity index (χ2n) is 13.2. The van der Waals surface area contributed by atoms with E-state index >= 15 is 21.7 Å². The molecule has 0 amide bonds. The summed E-state index contributed by atoms with van der Waals surface area (Å²) in [6.07, 6.45) is -4.28. The van der Waals surface area contributed by atoms with Crippen molar-refractivity contribution in [2.75, 3.05) is 9.13 Å². The quantitative estimate of drug-likeness (QED) is 0.106. The van der Waals surface area contributed by atoms with Crippen molar-refractivity contribution in [3.05, 3.63) is 112 Å². The second-order valence-corrected chi connectivity index (χ2v) is 15.8. The fraction of sp³-hybridized carbons (Fsp3) is 0.389. The van der Waals surface area contributed by atoms with E-state index in [1.165, 1.54) is 13.0 Å². The highest BCUT2D eigenvalue weighted by atomic mass is 28.4. The van der Waals surface area contributed by atoms with Crippen LogP contribution in [0.4, 0.5) is 46.2 Å². The van der Waals surface area contributed by atoms with Gasteiger partial charge in [0.1, 0.15) is 5.56 Å². The maximum Gasteiger partial charge on any atom is 0.509 e. The average Bonchev–Trinajstić information content (AvgIpc) is 2.94. The van der Waals surface area contributed by atoms with Gasteiger partial charge in [-0.1, -0.05) is 98.4 Å². The third-order valence-corrected chi connectivity index (χ3v) is 12.0. The van der Waals surface area contributed by atoms with Crippen molar-refractivity contribution in [2.45, 2.75) is 92.2 Å². The van der Waals surface area contributed by atoms with Crippen LogP contribution in [0.5, 0.6) is 0 Å². The third kappa shape index (κ3) is 5.89. The number of alkyl halides is 3. The molecular formula is C36H40F8N2Si. The van der Waals surface area contributed by atoms with Crippen LogP contribution in [0.2, 0.25) is 0 Å². The van der Waals surface area contributed by atoms with Gasteiger partial charge in [0.2, 0.25) is 0 Å². The number of rotatable bonds is 7. The van der Waals surface area contributed by atoms with Gasteiger partial charge < -0.3 is 9.13 Å². The number of hydrogen-bond donors (Lipinski definition) is 0. The van der Waals surface area contributed by atoms with E-state index < -0.39 is 48.9 Å². The highest BCUT2D eigenvalue weighted by molar-refractivity contribution is 6.93. The van der Waals surface area contributed by atoms with E-state index in [9.17, 15) is 13.2 Å². The molecule has 47 heavy (non-hydrogen) atoms. The minimum absolute atomic E-state index is 0.0736. The Balaban J connectivity index is 2.36. The molecule has 1 heterocycles. The zero-order valence-electron chi connectivity index (χ0n) is 28.0. The summed E-state index contributed by atoms with van der Waals surface area (Å²) in [5.41, 5.74) is -0.0574. The fourth-order valence-electron chi connectivity index (χ4n) is 6.43. The molecule has 1 aliphatic heterocycles. The Morgan fingerprint density at radius 1 is 0.617 bits per heavy atom. The van der Waals surface area contributed by atoms with Gasteiger partial charge >= 0.3 is 14.9 Å². The number of benzene rings is 3. The molecule has 1 unspecified atom stereocenters. The molecule has 11 heteroatoms. The van der Waals surface area contributed by atoms with Gasteiger partial charge in [-0.05, 0) is 58.9 Å². The summed E-state index contributed by atoms with van der Waals surface area (Å²) in [6, 6.07) is 10.4. The van der Waals surface area contributed by atoms with Crippen molar-refractivity contribution in [2.24, 2.45) is 0 Å². The molecule has 0 saturated heterocycles. The van der Waals surface area contributed by atoms with Crippen molar-refractivity contribution in [1.29, 1.82) is 0 Å². The molecule has 3 aromatic rings. The van der Waals surface area contributed by atoms with Crippen LogP contribution < -0.4 is 14.3 Å². The van der Waals surface area contributed by atoms with Crippen LogP contribution in [-0.2, 0) is 6.18 Å². The number of hydrogen-bond acceptors (Lipinski definition) is 2. The Kier molecular flexibility index (Phi) is 9.85. The van der Waals surface area contributed by atoms with E-state index in [4.69, 9.17) is 0 Å². The van der Waals surface area contributed by atoms with Crippen LogP contribution in [-0.4, -0.2) is 8.73 Å². The molecule has 0 spiro atoms. The fourth-order valence-corrected chi connectivity index (χ4v) is 9.95. The van der Waals surface area contributed by atoms with Crippen LogP contribution in [0.1, 0.15) is 114 Å². The van der Waals surface area contributed by atoms with Gasteiger partial charge in [-0.2, -0.15) is 13.2 Å². The SMILES string of the molecule is C=C1C=C(C)N(c2c(C(C)C)cccc2C(C)C)[Si](F)(c2c(F)c(F)c(C(F)(F)F)c(F)c2F)N1c1c(C(C)C)cccc1C(C)C. The first-order valence-corrected chi connectivity index (χ1v) is 17.3. The van der Waals surface area contributed by atoms with E-state index in [0.717, 1.165) is 9.13 Å². The number of para-hydroxylation sites is 2. The zero-order chi connectivity index (χ0) is 35.5. The van der Waals surface area contributed by atoms with Crippen molar-refractivity contribution in [3.63, 3.8) is 0 Å². The lowest BCUT2D eigenvalue weighted by Gasteiger charge is -2.51. The zero-order valence-corrected chi connectivity index (χ0v) is 29.0. The molecule has 0 saturated carbocycles. The maximum atomic E-state index is 19.4. The van der Waals surface area contributed by atoms with Crippen LogP contribution in [0.15, 0.2) is 60.4 Å². The molecule has 0 fully saturated rings. The minimum atomic E-state index is -6.02. The summed E-state index contributed by atoms with van der Waals surface area (Å²) in [6.45, 7) is 20.2. The smallest absolute Gasteiger partial charge is 0.325 e. The number of halogens is 8. The van der Waals surface area contributed by atoms with E-state index in [1.54, 1.807) is 36.4 Å². The minimum Gasteiger partial charge on any atom is -0.325 e. The van der Waals surface area contributed by atoms with E-state index in [2.05, 4.69) is 6.58 Å². The predicted molar refractivity (Wildman–Crippen MR) is 175 cm³/mol. The molecule has 3 aromatic carbocycles. The Hall–Kier alpha value is -3.60. The van der Waals surface area contributed by atoms with Gasteiger partial charge in [0.15, 0.2) is 23.3 Å². The molecule has 0 radical (unpaired) electrons. The lowest BCUT2D eigenvalue weighted by Crippen LogP contribution is -2.74. The molecule has 0 N–H and O–H groups in total. The van der Waals surface area contributed by atoms with E-state index in [1.807, 2.05) is 55.4 Å². The lowest BCUT2D eigenvalue weighted by molar-refractivity contribution is -0.143. The molecule has 0 aromatic heterocycles. The highest BCUT2D eigenvalue weighted by Gasteiger charge is 2.61. The predicted octanol–water partition coefficient (Wildman–Crippen LogP) is 11.3. The Morgan fingerprint density at radius 3 is 1.28 bits per heavy atom. The summed E-state index contributed by atoms with van der Waals surface area (Å²) in [4.78, 5) is 0. The number of anilines is 2. The molecule has 254 valence electrons.